The maximum Gasteiger partial charge on any atom is 1.00 e. The number of rotatable bonds is 9. The Bertz CT molecular complexity index is 757. The number of ether oxygens (including phenoxy) is 1. The normalized spacial score (nSPS) is 16.1. The summed E-state index contributed by atoms with van der Waals surface area (Å²) in [6.07, 6.45) is 6.95. The summed E-state index contributed by atoms with van der Waals surface area (Å²) in [5.41, 5.74) is 0.908. The first-order chi connectivity index (χ1) is 16.2. The fourth-order valence-electron chi connectivity index (χ4n) is 3.93. The Labute approximate surface area is 234 Å². The van der Waals surface area contributed by atoms with E-state index in [1.165, 1.54) is 5.56 Å². The van der Waals surface area contributed by atoms with Crippen molar-refractivity contribution >= 4 is 13.2 Å². The fourth-order valence-corrected chi connectivity index (χ4v) is 3.93. The van der Waals surface area contributed by atoms with Gasteiger partial charge in [0.1, 0.15) is 0 Å². The van der Waals surface area contributed by atoms with Crippen molar-refractivity contribution in [3.05, 3.63) is 54.2 Å². The van der Waals surface area contributed by atoms with Gasteiger partial charge in [-0.15, -0.1) is 6.92 Å². The molecule has 0 N–H and O–H groups in total. The molecule has 5 nitrogen and oxygen atoms in total. The summed E-state index contributed by atoms with van der Waals surface area (Å²) in [4.78, 5) is 13.9. The van der Waals surface area contributed by atoms with E-state index < -0.39 is 0 Å². The molecule has 0 saturated carbocycles. The summed E-state index contributed by atoms with van der Waals surface area (Å²) in [6, 6.07) is 10.8. The van der Waals surface area contributed by atoms with Gasteiger partial charge in [0.25, 0.3) is 0 Å². The number of aryl methyl sites for hydroxylation is 1. The van der Waals surface area contributed by atoms with Crippen LogP contribution >= 0.6 is 0 Å². The van der Waals surface area contributed by atoms with Gasteiger partial charge in [-0.1, -0.05) is 56.5 Å². The molecule has 1 aliphatic heterocycles. The molecule has 0 unspecified atom stereocenters. The first-order valence-corrected chi connectivity index (χ1v) is 13.1. The Balaban J connectivity index is 0.000000662. The third kappa shape index (κ3) is 11.4. The van der Waals surface area contributed by atoms with Crippen molar-refractivity contribution in [2.24, 2.45) is 5.92 Å². The zero-order valence-electron chi connectivity index (χ0n) is 25.1. The molecule has 0 atom stereocenters. The quantitative estimate of drug-likeness (QED) is 0.369. The van der Waals surface area contributed by atoms with Crippen molar-refractivity contribution in [1.29, 1.82) is 0 Å². The van der Waals surface area contributed by atoms with Crippen molar-refractivity contribution in [1.82, 2.24) is 4.90 Å². The average Bonchev–Trinajstić information content (AvgIpc) is 2.93. The summed E-state index contributed by atoms with van der Waals surface area (Å²) in [6.45, 7) is 22.5. The van der Waals surface area contributed by atoms with Gasteiger partial charge in [0.15, 0.2) is 0 Å². The van der Waals surface area contributed by atoms with Gasteiger partial charge >= 0.3 is 32.1 Å². The Morgan fingerprint density at radius 3 is 1.92 bits per heavy atom. The minimum atomic E-state index is -0.256. The molecule has 1 aromatic carbocycles. The molecule has 198 valence electrons. The van der Waals surface area contributed by atoms with Gasteiger partial charge < -0.3 is 18.9 Å². The molecular formula is C29H49BLiNO4. The van der Waals surface area contributed by atoms with E-state index in [2.05, 4.69) is 65.8 Å². The molecule has 0 bridgehead atoms. The predicted octanol–water partition coefficient (Wildman–Crippen LogP) is 4.72. The van der Waals surface area contributed by atoms with Gasteiger partial charge in [-0.05, 0) is 79.8 Å². The summed E-state index contributed by atoms with van der Waals surface area (Å²) in [7, 11) is -0.0831. The van der Waals surface area contributed by atoms with Gasteiger partial charge in [-0.25, -0.2) is 10.9 Å². The molecule has 1 aliphatic rings. The smallest absolute Gasteiger partial charge is 0.508 e. The van der Waals surface area contributed by atoms with Gasteiger partial charge in [-0.3, -0.25) is 0 Å². The molecule has 1 saturated heterocycles. The van der Waals surface area contributed by atoms with E-state index in [1.54, 1.807) is 4.90 Å². The van der Waals surface area contributed by atoms with Crippen molar-refractivity contribution < 1.29 is 37.7 Å². The molecule has 0 aromatic heterocycles. The Hall–Kier alpha value is -1.32. The van der Waals surface area contributed by atoms with Crippen LogP contribution in [0.25, 0.3) is 0 Å². The topological polar surface area (TPSA) is 48.0 Å². The summed E-state index contributed by atoms with van der Waals surface area (Å²) in [5, 5.41) is 0. The van der Waals surface area contributed by atoms with Crippen LogP contribution in [0, 0.1) is 12.0 Å². The van der Waals surface area contributed by atoms with Crippen LogP contribution in [0.3, 0.4) is 0 Å². The van der Waals surface area contributed by atoms with Gasteiger partial charge in [-0.2, -0.15) is 6.08 Å². The van der Waals surface area contributed by atoms with E-state index in [1.807, 2.05) is 52.8 Å². The SMILES string of the molecule is C/C=C/[C-](CC(C)C)OC(=O)N(C(C)C)C(C)C.CC1(C)OB(CCc2ccccc2)OC1(C)C.[Li+]. The molecular weight excluding hydrogens is 444 g/mol. The van der Waals surface area contributed by atoms with Gasteiger partial charge in [0.05, 0.1) is 11.2 Å². The van der Waals surface area contributed by atoms with E-state index in [4.69, 9.17) is 14.0 Å². The standard InChI is InChI=1S/C15H28NO2.C14H21BO2.Li/c1-8-9-14(10-11(2)3)18-15(17)16(12(4)5)13(6)7;1-13(2)14(3,4)17-15(16-13)11-10-12-8-6-5-7-9-12;/h8-9,11-13H,10H2,1-7H3;5-9H,10-11H2,1-4H3;/q-1;;+1/b9-8+;;. The van der Waals surface area contributed by atoms with E-state index in [0.717, 1.165) is 25.3 Å². The molecule has 7 heteroatoms. The van der Waals surface area contributed by atoms with Crippen molar-refractivity contribution in [2.75, 3.05) is 0 Å². The number of carbonyl (C=O) groups excluding carboxylic acids is 1. The maximum atomic E-state index is 12.1. The van der Waals surface area contributed by atoms with Crippen LogP contribution in [0.4, 0.5) is 4.79 Å². The van der Waals surface area contributed by atoms with E-state index in [-0.39, 0.29) is 55.4 Å². The van der Waals surface area contributed by atoms with Crippen molar-refractivity contribution in [2.45, 2.75) is 119 Å². The zero-order valence-corrected chi connectivity index (χ0v) is 25.1. The minimum Gasteiger partial charge on any atom is -0.508 e. The number of nitrogens with zero attached hydrogens (tertiary/aromatic N) is 1. The molecule has 36 heavy (non-hydrogen) atoms. The Kier molecular flexibility index (Phi) is 15.2. The fraction of sp³-hybridized carbons (Fsp3) is 0.655. The largest absolute Gasteiger partial charge is 1.00 e. The van der Waals surface area contributed by atoms with Crippen LogP contribution in [0.1, 0.15) is 88.1 Å². The van der Waals surface area contributed by atoms with E-state index >= 15 is 0 Å². The summed E-state index contributed by atoms with van der Waals surface area (Å²) in [5.74, 6) is 0.468. The molecule has 2 rings (SSSR count). The molecule has 1 fully saturated rings. The number of carbonyl (C=O) groups is 1. The molecule has 0 radical (unpaired) electrons. The molecule has 0 aliphatic carbocycles. The van der Waals surface area contributed by atoms with Gasteiger partial charge in [0.2, 0.25) is 0 Å². The van der Waals surface area contributed by atoms with Crippen LogP contribution in [0.5, 0.6) is 0 Å². The monoisotopic (exact) mass is 493 g/mol. The first-order valence-electron chi connectivity index (χ1n) is 13.1. The maximum absolute atomic E-state index is 12.1. The van der Waals surface area contributed by atoms with Crippen LogP contribution in [0.15, 0.2) is 42.5 Å². The predicted molar refractivity (Wildman–Crippen MR) is 147 cm³/mol. The molecule has 0 spiro atoms. The second-order valence-corrected chi connectivity index (χ2v) is 11.2. The van der Waals surface area contributed by atoms with E-state index in [9.17, 15) is 4.79 Å². The van der Waals surface area contributed by atoms with E-state index in [0.29, 0.717) is 5.92 Å². The number of hydrogen-bond acceptors (Lipinski definition) is 4. The van der Waals surface area contributed by atoms with Crippen molar-refractivity contribution in [3.8, 4) is 0 Å². The molecule has 1 amide bonds. The summed E-state index contributed by atoms with van der Waals surface area (Å²) >= 11 is 0. The number of benzene rings is 1. The van der Waals surface area contributed by atoms with Crippen LogP contribution in [0.2, 0.25) is 6.32 Å². The number of allylic oxidation sites excluding steroid dienone is 1. The van der Waals surface area contributed by atoms with Gasteiger partial charge in [0, 0.05) is 12.1 Å². The van der Waals surface area contributed by atoms with Crippen LogP contribution in [-0.2, 0) is 20.5 Å². The first kappa shape index (κ1) is 34.7. The number of amides is 1. The Morgan fingerprint density at radius 2 is 1.50 bits per heavy atom. The molecule has 1 heterocycles. The second-order valence-electron chi connectivity index (χ2n) is 11.2. The van der Waals surface area contributed by atoms with Crippen LogP contribution in [-0.4, -0.2) is 41.4 Å². The average molecular weight is 493 g/mol. The van der Waals surface area contributed by atoms with Crippen LogP contribution < -0.4 is 18.9 Å². The Morgan fingerprint density at radius 1 is 1.00 bits per heavy atom. The molecule has 1 aromatic rings. The minimum absolute atomic E-state index is 0. The second kappa shape index (κ2) is 15.8. The third-order valence-corrected chi connectivity index (χ3v) is 6.32. The third-order valence-electron chi connectivity index (χ3n) is 6.32. The van der Waals surface area contributed by atoms with Crippen molar-refractivity contribution in [3.63, 3.8) is 0 Å². The zero-order chi connectivity index (χ0) is 26.8. The summed E-state index contributed by atoms with van der Waals surface area (Å²) < 4.78 is 17.4. The number of hydrogen-bond donors (Lipinski definition) is 0.